The monoisotopic (exact) mass is 270 g/mol. The predicted molar refractivity (Wildman–Crippen MR) is 73.8 cm³/mol. The molecule has 2 aliphatic carbocycles. The number of nitrogens with one attached hydrogen (secondary N) is 1. The van der Waals surface area contributed by atoms with Crippen molar-refractivity contribution in [3.05, 3.63) is 29.3 Å². The van der Waals surface area contributed by atoms with Crippen LogP contribution in [0.3, 0.4) is 0 Å². The second-order valence-corrected chi connectivity index (χ2v) is 5.81. The molecule has 1 aromatic rings. The molecule has 2 N–H and O–H groups in total. The molecule has 0 saturated heterocycles. The number of hydrogen-bond donors (Lipinski definition) is 2. The van der Waals surface area contributed by atoms with E-state index in [0.717, 1.165) is 36.8 Å². The highest BCUT2D eigenvalue weighted by molar-refractivity contribution is 5.86. The van der Waals surface area contributed by atoms with Crippen LogP contribution in [0.1, 0.15) is 49.3 Å². The van der Waals surface area contributed by atoms with Crippen LogP contribution in [-0.2, 0) is 11.2 Å². The SMILES string of the molecule is N#CC1(C(=O)NC2CCc3c(O)cccc32)CCCC1. The number of aromatic hydroxyl groups is 1. The Morgan fingerprint density at radius 2 is 2.15 bits per heavy atom. The van der Waals surface area contributed by atoms with Crippen LogP contribution in [0.5, 0.6) is 5.75 Å². The Kier molecular flexibility index (Phi) is 3.13. The van der Waals surface area contributed by atoms with Crippen LogP contribution in [-0.4, -0.2) is 11.0 Å². The van der Waals surface area contributed by atoms with E-state index in [-0.39, 0.29) is 11.9 Å². The number of nitriles is 1. The first-order valence-electron chi connectivity index (χ1n) is 7.19. The molecule has 0 heterocycles. The number of benzene rings is 1. The molecule has 1 atom stereocenters. The Labute approximate surface area is 118 Å². The highest BCUT2D eigenvalue weighted by atomic mass is 16.3. The van der Waals surface area contributed by atoms with E-state index in [0.29, 0.717) is 18.6 Å². The predicted octanol–water partition coefficient (Wildman–Crippen LogP) is 2.58. The summed E-state index contributed by atoms with van der Waals surface area (Å²) >= 11 is 0. The van der Waals surface area contributed by atoms with Crippen LogP contribution in [0.4, 0.5) is 0 Å². The van der Waals surface area contributed by atoms with Crippen molar-refractivity contribution >= 4 is 5.91 Å². The van der Waals surface area contributed by atoms with Gasteiger partial charge in [0.1, 0.15) is 11.2 Å². The molecule has 4 heteroatoms. The lowest BCUT2D eigenvalue weighted by Crippen LogP contribution is -2.39. The van der Waals surface area contributed by atoms with Crippen LogP contribution in [0, 0.1) is 16.7 Å². The van der Waals surface area contributed by atoms with Gasteiger partial charge in [-0.2, -0.15) is 5.26 Å². The number of hydrogen-bond acceptors (Lipinski definition) is 3. The summed E-state index contributed by atoms with van der Waals surface area (Å²) < 4.78 is 0. The fourth-order valence-corrected chi connectivity index (χ4v) is 3.45. The number of rotatable bonds is 2. The number of nitrogens with zero attached hydrogens (tertiary/aromatic N) is 1. The molecule has 1 unspecified atom stereocenters. The van der Waals surface area contributed by atoms with E-state index in [1.54, 1.807) is 12.1 Å². The third-order valence-corrected chi connectivity index (χ3v) is 4.66. The van der Waals surface area contributed by atoms with Gasteiger partial charge in [-0.3, -0.25) is 4.79 Å². The highest BCUT2D eigenvalue weighted by Gasteiger charge is 2.42. The molecular weight excluding hydrogens is 252 g/mol. The van der Waals surface area contributed by atoms with Gasteiger partial charge in [0.15, 0.2) is 0 Å². The summed E-state index contributed by atoms with van der Waals surface area (Å²) in [7, 11) is 0. The maximum absolute atomic E-state index is 12.5. The van der Waals surface area contributed by atoms with Gasteiger partial charge in [0, 0.05) is 0 Å². The van der Waals surface area contributed by atoms with Crippen LogP contribution in [0.2, 0.25) is 0 Å². The quantitative estimate of drug-likeness (QED) is 0.867. The van der Waals surface area contributed by atoms with Gasteiger partial charge in [-0.05, 0) is 42.9 Å². The van der Waals surface area contributed by atoms with Crippen molar-refractivity contribution in [1.29, 1.82) is 5.26 Å². The Balaban J connectivity index is 1.79. The zero-order chi connectivity index (χ0) is 14.2. The van der Waals surface area contributed by atoms with Gasteiger partial charge < -0.3 is 10.4 Å². The number of phenolic OH excluding ortho intramolecular Hbond substituents is 1. The molecule has 0 aliphatic heterocycles. The Morgan fingerprint density at radius 3 is 2.85 bits per heavy atom. The normalized spacial score (nSPS) is 23.1. The highest BCUT2D eigenvalue weighted by Crippen LogP contribution is 2.40. The van der Waals surface area contributed by atoms with Crippen LogP contribution >= 0.6 is 0 Å². The van der Waals surface area contributed by atoms with Gasteiger partial charge in [0.25, 0.3) is 0 Å². The van der Waals surface area contributed by atoms with Gasteiger partial charge in [-0.25, -0.2) is 0 Å². The lowest BCUT2D eigenvalue weighted by molar-refractivity contribution is -0.128. The maximum atomic E-state index is 12.5. The summed E-state index contributed by atoms with van der Waals surface area (Å²) in [6.45, 7) is 0. The molecule has 1 amide bonds. The van der Waals surface area contributed by atoms with E-state index >= 15 is 0 Å². The molecule has 1 fully saturated rings. The van der Waals surface area contributed by atoms with Crippen molar-refractivity contribution in [1.82, 2.24) is 5.32 Å². The minimum Gasteiger partial charge on any atom is -0.508 e. The summed E-state index contributed by atoms with van der Waals surface area (Å²) in [4.78, 5) is 12.5. The van der Waals surface area contributed by atoms with Crippen molar-refractivity contribution in [2.24, 2.45) is 5.41 Å². The van der Waals surface area contributed by atoms with E-state index in [9.17, 15) is 15.2 Å². The lowest BCUT2D eigenvalue weighted by Gasteiger charge is -2.23. The summed E-state index contributed by atoms with van der Waals surface area (Å²) in [6, 6.07) is 7.57. The molecule has 3 rings (SSSR count). The van der Waals surface area contributed by atoms with E-state index in [2.05, 4.69) is 11.4 Å². The van der Waals surface area contributed by atoms with E-state index in [1.807, 2.05) is 6.07 Å². The lowest BCUT2D eigenvalue weighted by atomic mass is 9.86. The maximum Gasteiger partial charge on any atom is 0.240 e. The standard InChI is InChI=1S/C16H18N2O2/c17-10-16(8-1-2-9-16)15(20)18-13-7-6-12-11(13)4-3-5-14(12)19/h3-5,13,19H,1-2,6-9H2,(H,18,20). The van der Waals surface area contributed by atoms with Crippen molar-refractivity contribution in [2.45, 2.75) is 44.6 Å². The van der Waals surface area contributed by atoms with Gasteiger partial charge in [-0.1, -0.05) is 25.0 Å². The minimum absolute atomic E-state index is 0.0737. The fourth-order valence-electron chi connectivity index (χ4n) is 3.45. The van der Waals surface area contributed by atoms with Crippen molar-refractivity contribution in [2.75, 3.05) is 0 Å². The topological polar surface area (TPSA) is 73.1 Å². The number of fused-ring (bicyclic) bond motifs is 1. The first-order chi connectivity index (χ1) is 9.66. The van der Waals surface area contributed by atoms with Gasteiger partial charge in [0.2, 0.25) is 5.91 Å². The van der Waals surface area contributed by atoms with Crippen molar-refractivity contribution in [3.63, 3.8) is 0 Å². The third-order valence-electron chi connectivity index (χ3n) is 4.66. The third kappa shape index (κ3) is 1.94. The zero-order valence-corrected chi connectivity index (χ0v) is 11.4. The molecule has 104 valence electrons. The zero-order valence-electron chi connectivity index (χ0n) is 11.4. The van der Waals surface area contributed by atoms with Gasteiger partial charge in [-0.15, -0.1) is 0 Å². The van der Waals surface area contributed by atoms with Gasteiger partial charge >= 0.3 is 0 Å². The number of carbonyl (C=O) groups is 1. The number of amides is 1. The Bertz CT molecular complexity index is 583. The molecule has 0 radical (unpaired) electrons. The smallest absolute Gasteiger partial charge is 0.240 e. The fraction of sp³-hybridized carbons (Fsp3) is 0.500. The molecule has 0 spiro atoms. The molecule has 0 aromatic heterocycles. The molecule has 1 aromatic carbocycles. The summed E-state index contributed by atoms with van der Waals surface area (Å²) in [5.41, 5.74) is 1.08. The minimum atomic E-state index is -0.834. The Hall–Kier alpha value is -2.02. The summed E-state index contributed by atoms with van der Waals surface area (Å²) in [5, 5.41) is 22.2. The Morgan fingerprint density at radius 1 is 1.40 bits per heavy atom. The van der Waals surface area contributed by atoms with Crippen LogP contribution in [0.15, 0.2) is 18.2 Å². The van der Waals surface area contributed by atoms with Crippen molar-refractivity contribution < 1.29 is 9.90 Å². The summed E-state index contributed by atoms with van der Waals surface area (Å²) in [6.07, 6.45) is 4.78. The largest absolute Gasteiger partial charge is 0.508 e. The first kappa shape index (κ1) is 13.0. The number of phenols is 1. The molecule has 20 heavy (non-hydrogen) atoms. The van der Waals surface area contributed by atoms with Crippen molar-refractivity contribution in [3.8, 4) is 11.8 Å². The first-order valence-corrected chi connectivity index (χ1v) is 7.19. The average Bonchev–Trinajstić information content (AvgIpc) is 3.07. The van der Waals surface area contributed by atoms with E-state index < -0.39 is 5.41 Å². The summed E-state index contributed by atoms with van der Waals surface area (Å²) in [5.74, 6) is 0.161. The number of carbonyl (C=O) groups excluding carboxylic acids is 1. The van der Waals surface area contributed by atoms with Gasteiger partial charge in [0.05, 0.1) is 12.1 Å². The van der Waals surface area contributed by atoms with E-state index in [1.165, 1.54) is 0 Å². The second kappa shape index (κ2) is 4.82. The van der Waals surface area contributed by atoms with Crippen LogP contribution < -0.4 is 5.32 Å². The average molecular weight is 270 g/mol. The van der Waals surface area contributed by atoms with E-state index in [4.69, 9.17) is 0 Å². The molecule has 2 aliphatic rings. The van der Waals surface area contributed by atoms with Crippen LogP contribution in [0.25, 0.3) is 0 Å². The molecular formula is C16H18N2O2. The molecule has 1 saturated carbocycles. The molecule has 0 bridgehead atoms. The molecule has 4 nitrogen and oxygen atoms in total. The second-order valence-electron chi connectivity index (χ2n) is 5.81.